The van der Waals surface area contributed by atoms with Gasteiger partial charge in [-0.2, -0.15) is 0 Å². The first-order chi connectivity index (χ1) is 10.8. The topological polar surface area (TPSA) is 69.7 Å². The fourth-order valence-electron chi connectivity index (χ4n) is 3.20. The summed E-state index contributed by atoms with van der Waals surface area (Å²) in [6.45, 7) is 6.32. The average Bonchev–Trinajstić information content (AvgIpc) is 3.02. The van der Waals surface area contributed by atoms with E-state index >= 15 is 0 Å². The van der Waals surface area contributed by atoms with Crippen LogP contribution < -0.4 is 5.32 Å². The highest BCUT2D eigenvalue weighted by molar-refractivity contribution is 7.99. The van der Waals surface area contributed by atoms with Crippen molar-refractivity contribution in [2.45, 2.75) is 57.7 Å². The van der Waals surface area contributed by atoms with Crippen LogP contribution in [0.5, 0.6) is 0 Å². The summed E-state index contributed by atoms with van der Waals surface area (Å²) in [6, 6.07) is -0.0648. The van der Waals surface area contributed by atoms with Gasteiger partial charge in [-0.15, -0.1) is 11.8 Å². The second-order valence-corrected chi connectivity index (χ2v) is 8.74. The summed E-state index contributed by atoms with van der Waals surface area (Å²) >= 11 is 1.60. The highest BCUT2D eigenvalue weighted by Gasteiger charge is 2.45. The summed E-state index contributed by atoms with van der Waals surface area (Å²) in [5.74, 6) is 0.829. The summed E-state index contributed by atoms with van der Waals surface area (Å²) in [5, 5.41) is 2.96. The molecule has 3 amide bonds. The normalized spacial score (nSPS) is 28.4. The number of nitrogens with zero attached hydrogens (tertiary/aromatic N) is 2. The zero-order chi connectivity index (χ0) is 16.8. The maximum Gasteiger partial charge on any atom is 0.244 e. The number of rotatable bonds is 3. The minimum Gasteiger partial charge on any atom is -0.350 e. The first kappa shape index (κ1) is 16.6. The molecule has 0 radical (unpaired) electrons. The van der Waals surface area contributed by atoms with Crippen molar-refractivity contribution in [3.8, 4) is 0 Å². The highest BCUT2D eigenvalue weighted by Crippen LogP contribution is 2.34. The van der Waals surface area contributed by atoms with Crippen LogP contribution in [-0.4, -0.2) is 63.3 Å². The van der Waals surface area contributed by atoms with Crippen molar-refractivity contribution in [1.29, 1.82) is 0 Å². The molecule has 2 saturated heterocycles. The molecule has 0 spiro atoms. The number of nitrogens with one attached hydrogen (secondary N) is 1. The van der Waals surface area contributed by atoms with Gasteiger partial charge < -0.3 is 15.1 Å². The molecular formula is C16H25N3O3S. The lowest BCUT2D eigenvalue weighted by Crippen LogP contribution is -2.53. The van der Waals surface area contributed by atoms with Gasteiger partial charge in [-0.3, -0.25) is 14.4 Å². The number of thioether (sulfide) groups is 1. The number of amides is 3. The van der Waals surface area contributed by atoms with Crippen LogP contribution in [0.4, 0.5) is 0 Å². The van der Waals surface area contributed by atoms with Gasteiger partial charge in [0.1, 0.15) is 6.04 Å². The van der Waals surface area contributed by atoms with E-state index in [1.54, 1.807) is 16.7 Å². The van der Waals surface area contributed by atoms with Gasteiger partial charge >= 0.3 is 0 Å². The van der Waals surface area contributed by atoms with Gasteiger partial charge in [-0.05, 0) is 33.6 Å². The van der Waals surface area contributed by atoms with Crippen molar-refractivity contribution >= 4 is 29.5 Å². The van der Waals surface area contributed by atoms with Crippen LogP contribution in [0.2, 0.25) is 0 Å². The molecule has 0 aromatic carbocycles. The molecule has 23 heavy (non-hydrogen) atoms. The zero-order valence-corrected chi connectivity index (χ0v) is 14.8. The molecule has 1 N–H and O–H groups in total. The molecule has 0 unspecified atom stereocenters. The Hall–Kier alpha value is -1.24. The Morgan fingerprint density at radius 2 is 1.96 bits per heavy atom. The Bertz CT molecular complexity index is 527. The Labute approximate surface area is 141 Å². The molecular weight excluding hydrogens is 314 g/mol. The van der Waals surface area contributed by atoms with Crippen molar-refractivity contribution in [3.05, 3.63) is 0 Å². The summed E-state index contributed by atoms with van der Waals surface area (Å²) < 4.78 is 0. The highest BCUT2D eigenvalue weighted by atomic mass is 32.2. The van der Waals surface area contributed by atoms with E-state index in [4.69, 9.17) is 0 Å². The predicted molar refractivity (Wildman–Crippen MR) is 88.7 cm³/mol. The molecule has 0 bridgehead atoms. The maximum atomic E-state index is 12.8. The molecule has 2 atom stereocenters. The van der Waals surface area contributed by atoms with E-state index in [2.05, 4.69) is 5.32 Å². The van der Waals surface area contributed by atoms with Crippen molar-refractivity contribution in [3.63, 3.8) is 0 Å². The van der Waals surface area contributed by atoms with Gasteiger partial charge in [0, 0.05) is 30.3 Å². The van der Waals surface area contributed by atoms with Gasteiger partial charge in [0.15, 0.2) is 0 Å². The van der Waals surface area contributed by atoms with E-state index in [9.17, 15) is 14.4 Å². The van der Waals surface area contributed by atoms with E-state index < -0.39 is 6.04 Å². The van der Waals surface area contributed by atoms with E-state index in [0.717, 1.165) is 12.8 Å². The van der Waals surface area contributed by atoms with E-state index in [1.165, 1.54) is 0 Å². The van der Waals surface area contributed by atoms with E-state index in [1.807, 2.05) is 25.7 Å². The number of likely N-dealkylation sites (tertiary alicyclic amines) is 1. The lowest BCUT2D eigenvalue weighted by Gasteiger charge is -2.29. The third-order valence-electron chi connectivity index (χ3n) is 4.46. The Morgan fingerprint density at radius 1 is 1.26 bits per heavy atom. The van der Waals surface area contributed by atoms with E-state index in [-0.39, 0.29) is 29.2 Å². The fraction of sp³-hybridized carbons (Fsp3) is 0.812. The minimum atomic E-state index is -0.420. The van der Waals surface area contributed by atoms with Crippen LogP contribution in [0.3, 0.4) is 0 Å². The Balaban J connectivity index is 1.64. The minimum absolute atomic E-state index is 0.0411. The van der Waals surface area contributed by atoms with Crippen LogP contribution in [-0.2, 0) is 14.4 Å². The molecule has 6 nitrogen and oxygen atoms in total. The lowest BCUT2D eigenvalue weighted by molar-refractivity contribution is -0.141. The first-order valence-corrected chi connectivity index (χ1v) is 9.41. The van der Waals surface area contributed by atoms with Crippen molar-refractivity contribution in [2.75, 3.05) is 18.2 Å². The standard InChI is InChI=1S/C16H25N3O3S/c1-16(2,3)17-14(21)12-8-23-9-19(12)15(22)10-6-13(20)18(7-10)11-4-5-11/h10-12H,4-9H2,1-3H3,(H,17,21)/t10-,12-/m1/s1. The van der Waals surface area contributed by atoms with Gasteiger partial charge in [0.05, 0.1) is 11.8 Å². The number of carbonyl (C=O) groups is 3. The first-order valence-electron chi connectivity index (χ1n) is 8.26. The largest absolute Gasteiger partial charge is 0.350 e. The van der Waals surface area contributed by atoms with Crippen LogP contribution in [0, 0.1) is 5.92 Å². The molecule has 128 valence electrons. The number of hydrogen-bond acceptors (Lipinski definition) is 4. The molecule has 2 heterocycles. The third kappa shape index (κ3) is 3.65. The predicted octanol–water partition coefficient (Wildman–Crippen LogP) is 0.813. The van der Waals surface area contributed by atoms with Crippen LogP contribution in [0.1, 0.15) is 40.0 Å². The third-order valence-corrected chi connectivity index (χ3v) is 5.47. The fourth-order valence-corrected chi connectivity index (χ4v) is 4.36. The smallest absolute Gasteiger partial charge is 0.244 e. The second-order valence-electron chi connectivity index (χ2n) is 7.74. The Morgan fingerprint density at radius 3 is 2.57 bits per heavy atom. The van der Waals surface area contributed by atoms with Gasteiger partial charge in [0.25, 0.3) is 0 Å². The molecule has 7 heteroatoms. The molecule has 0 aromatic rings. The lowest BCUT2D eigenvalue weighted by atomic mass is 10.1. The summed E-state index contributed by atoms with van der Waals surface area (Å²) in [7, 11) is 0. The molecule has 3 rings (SSSR count). The monoisotopic (exact) mass is 339 g/mol. The molecule has 1 saturated carbocycles. The summed E-state index contributed by atoms with van der Waals surface area (Å²) in [4.78, 5) is 40.8. The van der Waals surface area contributed by atoms with Gasteiger partial charge in [-0.1, -0.05) is 0 Å². The Kier molecular flexibility index (Phi) is 4.33. The quantitative estimate of drug-likeness (QED) is 0.826. The number of carbonyl (C=O) groups excluding carboxylic acids is 3. The molecule has 3 fully saturated rings. The van der Waals surface area contributed by atoms with Crippen molar-refractivity contribution < 1.29 is 14.4 Å². The molecule has 2 aliphatic heterocycles. The molecule has 1 aliphatic carbocycles. The summed E-state index contributed by atoms with van der Waals surface area (Å²) in [6.07, 6.45) is 2.41. The van der Waals surface area contributed by atoms with Crippen molar-refractivity contribution in [1.82, 2.24) is 15.1 Å². The summed E-state index contributed by atoms with van der Waals surface area (Å²) in [5.41, 5.74) is -0.314. The van der Waals surface area contributed by atoms with Crippen molar-refractivity contribution in [2.24, 2.45) is 5.92 Å². The number of hydrogen-bond donors (Lipinski definition) is 1. The SMILES string of the molecule is CC(C)(C)NC(=O)[C@H]1CSCN1C(=O)[C@@H]1CC(=O)N(C2CC2)C1. The zero-order valence-electron chi connectivity index (χ0n) is 14.0. The van der Waals surface area contributed by atoms with Gasteiger partial charge in [0.2, 0.25) is 17.7 Å². The van der Waals surface area contributed by atoms with Gasteiger partial charge in [-0.25, -0.2) is 0 Å². The van der Waals surface area contributed by atoms with E-state index in [0.29, 0.717) is 30.6 Å². The van der Waals surface area contributed by atoms with Crippen LogP contribution in [0.25, 0.3) is 0 Å². The molecule has 3 aliphatic rings. The second kappa shape index (κ2) is 6.00. The van der Waals surface area contributed by atoms with Crippen LogP contribution >= 0.6 is 11.8 Å². The molecule has 0 aromatic heterocycles. The maximum absolute atomic E-state index is 12.8. The van der Waals surface area contributed by atoms with Crippen LogP contribution in [0.15, 0.2) is 0 Å². The average molecular weight is 339 g/mol.